The summed E-state index contributed by atoms with van der Waals surface area (Å²) in [4.78, 5) is 36.7. The van der Waals surface area contributed by atoms with Gasteiger partial charge in [-0.15, -0.1) is 0 Å². The van der Waals surface area contributed by atoms with Crippen molar-refractivity contribution >= 4 is 22.7 Å². The Labute approximate surface area is 128 Å². The zero-order chi connectivity index (χ0) is 16.7. The maximum atomic E-state index is 12.3. The molecule has 0 aliphatic carbocycles. The van der Waals surface area contributed by atoms with Gasteiger partial charge in [0.1, 0.15) is 11.2 Å². The Morgan fingerprint density at radius 3 is 2.70 bits per heavy atom. The van der Waals surface area contributed by atoms with E-state index in [-0.39, 0.29) is 22.3 Å². The molecule has 2 heterocycles. The van der Waals surface area contributed by atoms with E-state index in [1.807, 2.05) is 0 Å². The molecule has 0 radical (unpaired) electrons. The molecule has 0 aliphatic rings. The summed E-state index contributed by atoms with van der Waals surface area (Å²) in [5, 5.41) is 20.0. The molecule has 0 bridgehead atoms. The maximum absolute atomic E-state index is 12.3. The molecule has 3 rings (SSSR count). The molecule has 2 N–H and O–H groups in total. The predicted octanol–water partition coefficient (Wildman–Crippen LogP) is 2.14. The number of aromatic amines is 1. The molecular formula is C15H11N3O5. The van der Waals surface area contributed by atoms with E-state index in [0.717, 1.165) is 0 Å². The van der Waals surface area contributed by atoms with Crippen LogP contribution in [0.2, 0.25) is 0 Å². The summed E-state index contributed by atoms with van der Waals surface area (Å²) in [5.41, 5.74) is 0.964. The number of carboxylic acid groups (broad SMARTS) is 1. The minimum atomic E-state index is -1.15. The smallest absolute Gasteiger partial charge is 0.352 e. The Hall–Kier alpha value is -3.42. The van der Waals surface area contributed by atoms with Gasteiger partial charge in [-0.25, -0.2) is 4.79 Å². The highest BCUT2D eigenvalue weighted by atomic mass is 16.6. The molecule has 1 aromatic carbocycles. The van der Waals surface area contributed by atoms with Gasteiger partial charge < -0.3 is 14.7 Å². The van der Waals surface area contributed by atoms with Crippen LogP contribution in [-0.4, -0.2) is 25.6 Å². The molecule has 0 fully saturated rings. The lowest BCUT2D eigenvalue weighted by atomic mass is 10.1. The molecule has 23 heavy (non-hydrogen) atoms. The Morgan fingerprint density at radius 1 is 1.30 bits per heavy atom. The number of nitro benzene ring substituents is 1. The van der Waals surface area contributed by atoms with E-state index in [4.69, 9.17) is 5.11 Å². The Balaban J connectivity index is 2.24. The van der Waals surface area contributed by atoms with Gasteiger partial charge >= 0.3 is 5.97 Å². The van der Waals surface area contributed by atoms with Crippen LogP contribution >= 0.6 is 0 Å². The van der Waals surface area contributed by atoms with Crippen molar-refractivity contribution in [2.45, 2.75) is 0 Å². The average molecular weight is 313 g/mol. The van der Waals surface area contributed by atoms with E-state index in [0.29, 0.717) is 16.8 Å². The fourth-order valence-corrected chi connectivity index (χ4v) is 2.52. The number of benzene rings is 1. The third-order valence-corrected chi connectivity index (χ3v) is 3.60. The number of nitro groups is 1. The van der Waals surface area contributed by atoms with Crippen molar-refractivity contribution < 1.29 is 14.8 Å². The fraction of sp³-hybridized carbons (Fsp3) is 0.0667. The number of aromatic carboxylic acids is 1. The van der Waals surface area contributed by atoms with Crippen molar-refractivity contribution in [3.63, 3.8) is 0 Å². The van der Waals surface area contributed by atoms with Crippen LogP contribution in [0, 0.1) is 10.1 Å². The van der Waals surface area contributed by atoms with Crippen LogP contribution in [0.15, 0.2) is 41.2 Å². The average Bonchev–Trinajstić information content (AvgIpc) is 2.85. The number of pyridine rings is 1. The van der Waals surface area contributed by atoms with Crippen LogP contribution in [0.1, 0.15) is 10.5 Å². The monoisotopic (exact) mass is 313 g/mol. The molecule has 0 spiro atoms. The summed E-state index contributed by atoms with van der Waals surface area (Å²) >= 11 is 0. The Bertz CT molecular complexity index is 1020. The second-order valence-electron chi connectivity index (χ2n) is 5.01. The van der Waals surface area contributed by atoms with E-state index in [1.54, 1.807) is 6.07 Å². The van der Waals surface area contributed by atoms with Gasteiger partial charge in [0.25, 0.3) is 5.69 Å². The van der Waals surface area contributed by atoms with Gasteiger partial charge in [-0.05, 0) is 6.07 Å². The SMILES string of the molecule is Cn1c(C(=O)O)cc2[nH]c(-c3cccc([N+](=O)[O-])c3)cc(=O)c21. The van der Waals surface area contributed by atoms with Crippen molar-refractivity contribution in [3.05, 3.63) is 62.4 Å². The summed E-state index contributed by atoms with van der Waals surface area (Å²) in [7, 11) is 1.49. The first kappa shape index (κ1) is 14.5. The van der Waals surface area contributed by atoms with Gasteiger partial charge in [0.05, 0.1) is 16.1 Å². The predicted molar refractivity (Wildman–Crippen MR) is 82.6 cm³/mol. The zero-order valence-corrected chi connectivity index (χ0v) is 11.9. The quantitative estimate of drug-likeness (QED) is 0.567. The lowest BCUT2D eigenvalue weighted by Gasteiger charge is -2.03. The highest BCUT2D eigenvalue weighted by molar-refractivity contribution is 5.93. The first-order valence-corrected chi connectivity index (χ1v) is 6.59. The molecule has 0 aliphatic heterocycles. The van der Waals surface area contributed by atoms with E-state index in [1.165, 1.54) is 41.9 Å². The van der Waals surface area contributed by atoms with E-state index < -0.39 is 10.9 Å². The van der Waals surface area contributed by atoms with Crippen molar-refractivity contribution in [2.24, 2.45) is 7.05 Å². The van der Waals surface area contributed by atoms with Crippen molar-refractivity contribution in [1.29, 1.82) is 0 Å². The molecule has 8 heteroatoms. The third kappa shape index (κ3) is 2.35. The van der Waals surface area contributed by atoms with Crippen LogP contribution < -0.4 is 5.43 Å². The van der Waals surface area contributed by atoms with E-state index >= 15 is 0 Å². The fourth-order valence-electron chi connectivity index (χ4n) is 2.52. The van der Waals surface area contributed by atoms with E-state index in [9.17, 15) is 19.7 Å². The topological polar surface area (TPSA) is 118 Å². The molecule has 0 unspecified atom stereocenters. The normalized spacial score (nSPS) is 10.8. The number of nitrogens with one attached hydrogen (secondary N) is 1. The first-order valence-electron chi connectivity index (χ1n) is 6.59. The number of carboxylic acids is 1. The van der Waals surface area contributed by atoms with Gasteiger partial charge in [-0.3, -0.25) is 14.9 Å². The number of aromatic nitrogens is 2. The number of hydrogen-bond donors (Lipinski definition) is 2. The number of hydrogen-bond acceptors (Lipinski definition) is 4. The third-order valence-electron chi connectivity index (χ3n) is 3.60. The largest absolute Gasteiger partial charge is 0.477 e. The molecule has 3 aromatic rings. The molecule has 0 saturated carbocycles. The van der Waals surface area contributed by atoms with Crippen LogP contribution in [0.3, 0.4) is 0 Å². The number of nitrogens with zero attached hydrogens (tertiary/aromatic N) is 2. The van der Waals surface area contributed by atoms with Crippen LogP contribution in [-0.2, 0) is 7.05 Å². The molecule has 0 saturated heterocycles. The van der Waals surface area contributed by atoms with Gasteiger partial charge in [-0.2, -0.15) is 0 Å². The second kappa shape index (κ2) is 5.09. The van der Waals surface area contributed by atoms with Crippen molar-refractivity contribution in [1.82, 2.24) is 9.55 Å². The van der Waals surface area contributed by atoms with Crippen LogP contribution in [0.25, 0.3) is 22.3 Å². The summed E-state index contributed by atoms with van der Waals surface area (Å²) in [5.74, 6) is -1.15. The lowest BCUT2D eigenvalue weighted by Crippen LogP contribution is -2.09. The van der Waals surface area contributed by atoms with Crippen LogP contribution in [0.4, 0.5) is 5.69 Å². The first-order chi connectivity index (χ1) is 10.9. The van der Waals surface area contributed by atoms with Gasteiger partial charge in [0.15, 0.2) is 0 Å². The van der Waals surface area contributed by atoms with E-state index in [2.05, 4.69) is 4.98 Å². The molecule has 0 amide bonds. The maximum Gasteiger partial charge on any atom is 0.352 e. The minimum absolute atomic E-state index is 0.0236. The summed E-state index contributed by atoms with van der Waals surface area (Å²) < 4.78 is 1.30. The number of aryl methyl sites for hydroxylation is 1. The zero-order valence-electron chi connectivity index (χ0n) is 11.9. The Kier molecular flexibility index (Phi) is 3.21. The number of rotatable bonds is 3. The standard InChI is InChI=1S/C15H11N3O5/c1-17-12(15(20)21)6-11-14(17)13(19)7-10(16-11)8-3-2-4-9(5-8)18(22)23/h2-7H,1H3,(H,16,19)(H,20,21). The Morgan fingerprint density at radius 2 is 2.04 bits per heavy atom. The summed E-state index contributed by atoms with van der Waals surface area (Å²) in [6, 6.07) is 8.51. The second-order valence-corrected chi connectivity index (χ2v) is 5.01. The molecule has 8 nitrogen and oxygen atoms in total. The van der Waals surface area contributed by atoms with Crippen LogP contribution in [0.5, 0.6) is 0 Å². The van der Waals surface area contributed by atoms with Crippen molar-refractivity contribution in [2.75, 3.05) is 0 Å². The molecule has 0 atom stereocenters. The summed E-state index contributed by atoms with van der Waals surface area (Å²) in [6.45, 7) is 0. The van der Waals surface area contributed by atoms with Crippen molar-refractivity contribution in [3.8, 4) is 11.3 Å². The number of fused-ring (bicyclic) bond motifs is 1. The number of non-ortho nitro benzene ring substituents is 1. The summed E-state index contributed by atoms with van der Waals surface area (Å²) in [6.07, 6.45) is 0. The van der Waals surface area contributed by atoms with Gasteiger partial charge in [0, 0.05) is 30.8 Å². The molecular weight excluding hydrogens is 302 g/mol. The lowest BCUT2D eigenvalue weighted by molar-refractivity contribution is -0.384. The molecule has 116 valence electrons. The number of H-pyrrole nitrogens is 1. The van der Waals surface area contributed by atoms with Gasteiger partial charge in [-0.1, -0.05) is 12.1 Å². The highest BCUT2D eigenvalue weighted by Crippen LogP contribution is 2.23. The van der Waals surface area contributed by atoms with Gasteiger partial charge in [0.2, 0.25) is 5.43 Å². The number of carbonyl (C=O) groups is 1. The highest BCUT2D eigenvalue weighted by Gasteiger charge is 2.16. The minimum Gasteiger partial charge on any atom is -0.477 e. The molecule has 2 aromatic heterocycles.